The van der Waals surface area contributed by atoms with Crippen LogP contribution in [-0.4, -0.2) is 65.0 Å². The molecule has 2 amide bonds. The van der Waals surface area contributed by atoms with Crippen molar-refractivity contribution in [2.24, 2.45) is 5.92 Å². The predicted molar refractivity (Wildman–Crippen MR) is 176 cm³/mol. The van der Waals surface area contributed by atoms with Crippen molar-refractivity contribution < 1.29 is 9.59 Å². The Bertz CT molecular complexity index is 1800. The zero-order chi connectivity index (χ0) is 31.1. The molecule has 9 nitrogen and oxygen atoms in total. The number of benzene rings is 2. The predicted octanol–water partition coefficient (Wildman–Crippen LogP) is 4.78. The molecule has 230 valence electrons. The highest BCUT2D eigenvalue weighted by Gasteiger charge is 2.36. The molecular formula is C36H38N6O3. The van der Waals surface area contributed by atoms with Crippen LogP contribution < -0.4 is 20.7 Å². The summed E-state index contributed by atoms with van der Waals surface area (Å²) in [5, 5.41) is 3.12. The van der Waals surface area contributed by atoms with Gasteiger partial charge in [-0.2, -0.15) is 0 Å². The maximum atomic E-state index is 13.9. The highest BCUT2D eigenvalue weighted by atomic mass is 16.2. The molecule has 1 N–H and O–H groups in total. The fourth-order valence-corrected chi connectivity index (χ4v) is 7.35. The lowest BCUT2D eigenvalue weighted by Gasteiger charge is -2.44. The highest BCUT2D eigenvalue weighted by Crippen LogP contribution is 2.39. The Kier molecular flexibility index (Phi) is 7.61. The highest BCUT2D eigenvalue weighted by molar-refractivity contribution is 6.07. The first kappa shape index (κ1) is 28.8. The number of carbonyl (C=O) groups is 2. The number of nitrogens with zero attached hydrogens (tertiary/aromatic N) is 5. The Hall–Kier alpha value is -4.92. The summed E-state index contributed by atoms with van der Waals surface area (Å²) < 4.78 is 1.92. The van der Waals surface area contributed by atoms with Crippen molar-refractivity contribution in [3.63, 3.8) is 0 Å². The van der Waals surface area contributed by atoms with Crippen LogP contribution in [0, 0.1) is 12.8 Å². The van der Waals surface area contributed by atoms with Gasteiger partial charge in [-0.1, -0.05) is 18.2 Å². The number of hydrogen-bond acceptors (Lipinski definition) is 6. The molecule has 45 heavy (non-hydrogen) atoms. The second-order valence-electron chi connectivity index (χ2n) is 12.7. The standard InChI is InChI=1S/C36H38N6O3/c1-24-5-3-6-30(17-24)41-16-15-39(20-25(41)2)36(45)28-9-10-33(31(19-28)38-35(44)27-11-13-37-14-12-27)40-21-26-18-29(23-40)32-7-4-8-34(43)42(32)22-26/h3-14,17,19,25-26,29H,15-16,18,20-23H2,1-2H3,(H,38,44)/t25-,26-,29+/m1/s1. The molecule has 3 aliphatic rings. The topological polar surface area (TPSA) is 90.8 Å². The van der Waals surface area contributed by atoms with Gasteiger partial charge in [-0.15, -0.1) is 0 Å². The summed E-state index contributed by atoms with van der Waals surface area (Å²) in [6, 6.07) is 23.2. The number of nitrogens with one attached hydrogen (secondary N) is 1. The number of anilines is 3. The maximum Gasteiger partial charge on any atom is 0.255 e. The molecule has 9 heteroatoms. The molecule has 3 atom stereocenters. The van der Waals surface area contributed by atoms with Crippen LogP contribution in [0.5, 0.6) is 0 Å². The number of hydrogen-bond donors (Lipinski definition) is 1. The third-order valence-corrected chi connectivity index (χ3v) is 9.50. The molecule has 5 heterocycles. The van der Waals surface area contributed by atoms with E-state index in [-0.39, 0.29) is 29.3 Å². The SMILES string of the molecule is Cc1cccc(N2CCN(C(=O)c3ccc(N4C[C@H]5C[C@@H](C4)c4cccc(=O)n4C5)c(NC(=O)c4ccncc4)c3)C[C@H]2C)c1. The van der Waals surface area contributed by atoms with Crippen molar-refractivity contribution in [1.29, 1.82) is 0 Å². The van der Waals surface area contributed by atoms with E-state index in [1.54, 1.807) is 30.6 Å². The number of amides is 2. The van der Waals surface area contributed by atoms with Crippen LogP contribution in [0.1, 0.15) is 51.2 Å². The summed E-state index contributed by atoms with van der Waals surface area (Å²) in [5.74, 6) is 0.230. The molecular weight excluding hydrogens is 564 g/mol. The zero-order valence-corrected chi connectivity index (χ0v) is 25.7. The summed E-state index contributed by atoms with van der Waals surface area (Å²) in [4.78, 5) is 50.5. The zero-order valence-electron chi connectivity index (χ0n) is 25.7. The van der Waals surface area contributed by atoms with E-state index in [1.807, 2.05) is 33.7 Å². The Balaban J connectivity index is 1.16. The summed E-state index contributed by atoms with van der Waals surface area (Å²) in [6.07, 6.45) is 4.22. The average Bonchev–Trinajstić information content (AvgIpc) is 3.05. The lowest BCUT2D eigenvalue weighted by atomic mass is 9.83. The molecule has 2 aromatic carbocycles. The van der Waals surface area contributed by atoms with E-state index in [0.717, 1.165) is 37.4 Å². The van der Waals surface area contributed by atoms with E-state index in [1.165, 1.54) is 11.3 Å². The van der Waals surface area contributed by atoms with E-state index in [4.69, 9.17) is 0 Å². The molecule has 2 bridgehead atoms. The first-order valence-corrected chi connectivity index (χ1v) is 15.8. The van der Waals surface area contributed by atoms with Crippen molar-refractivity contribution in [1.82, 2.24) is 14.5 Å². The number of rotatable bonds is 5. The Morgan fingerprint density at radius 2 is 1.69 bits per heavy atom. The van der Waals surface area contributed by atoms with Crippen molar-refractivity contribution in [3.8, 4) is 0 Å². The van der Waals surface area contributed by atoms with Gasteiger partial charge in [0.1, 0.15) is 0 Å². The number of aryl methyl sites for hydroxylation is 1. The van der Waals surface area contributed by atoms with Gasteiger partial charge in [0, 0.05) is 92.2 Å². The second-order valence-corrected chi connectivity index (χ2v) is 12.7. The minimum Gasteiger partial charge on any atom is -0.369 e. The number of piperidine rings is 1. The van der Waals surface area contributed by atoms with Crippen LogP contribution in [0.25, 0.3) is 0 Å². The number of piperazine rings is 1. The summed E-state index contributed by atoms with van der Waals surface area (Å²) in [6.45, 7) is 8.41. The van der Waals surface area contributed by atoms with Gasteiger partial charge in [-0.3, -0.25) is 19.4 Å². The molecule has 2 saturated heterocycles. The van der Waals surface area contributed by atoms with Gasteiger partial charge in [0.05, 0.1) is 11.4 Å². The fraction of sp³-hybridized carbons (Fsp3) is 0.333. The molecule has 0 saturated carbocycles. The maximum absolute atomic E-state index is 13.9. The third kappa shape index (κ3) is 5.70. The minimum absolute atomic E-state index is 0.0412. The van der Waals surface area contributed by atoms with Crippen molar-refractivity contribution in [2.45, 2.75) is 38.8 Å². The van der Waals surface area contributed by atoms with Crippen molar-refractivity contribution in [3.05, 3.63) is 118 Å². The Labute approximate surface area is 263 Å². The number of fused-ring (bicyclic) bond motifs is 4. The lowest BCUT2D eigenvalue weighted by Crippen LogP contribution is -2.53. The van der Waals surface area contributed by atoms with Gasteiger partial charge < -0.3 is 24.6 Å². The largest absolute Gasteiger partial charge is 0.369 e. The summed E-state index contributed by atoms with van der Waals surface area (Å²) in [7, 11) is 0. The molecule has 0 aliphatic carbocycles. The van der Waals surface area contributed by atoms with Crippen molar-refractivity contribution >= 4 is 28.9 Å². The van der Waals surface area contributed by atoms with Crippen LogP contribution in [0.2, 0.25) is 0 Å². The molecule has 0 unspecified atom stereocenters. The van der Waals surface area contributed by atoms with Crippen LogP contribution >= 0.6 is 0 Å². The van der Waals surface area contributed by atoms with Gasteiger partial charge in [-0.25, -0.2) is 0 Å². The van der Waals surface area contributed by atoms with Crippen LogP contribution in [0.15, 0.2) is 90.0 Å². The van der Waals surface area contributed by atoms with Gasteiger partial charge in [0.15, 0.2) is 0 Å². The molecule has 2 fully saturated rings. The van der Waals surface area contributed by atoms with Gasteiger partial charge >= 0.3 is 0 Å². The van der Waals surface area contributed by atoms with E-state index < -0.39 is 0 Å². The molecule has 3 aliphatic heterocycles. The smallest absolute Gasteiger partial charge is 0.255 e. The molecule has 2 aromatic heterocycles. The molecule has 0 radical (unpaired) electrons. The van der Waals surface area contributed by atoms with Gasteiger partial charge in [-0.05, 0) is 80.3 Å². The molecule has 0 spiro atoms. The third-order valence-electron chi connectivity index (χ3n) is 9.50. The van der Waals surface area contributed by atoms with Crippen LogP contribution in [0.3, 0.4) is 0 Å². The normalized spacial score (nSPS) is 20.8. The van der Waals surface area contributed by atoms with Gasteiger partial charge in [0.25, 0.3) is 17.4 Å². The summed E-state index contributed by atoms with van der Waals surface area (Å²) >= 11 is 0. The van der Waals surface area contributed by atoms with E-state index >= 15 is 0 Å². The number of pyridine rings is 2. The molecule has 7 rings (SSSR count). The Morgan fingerprint density at radius 1 is 0.867 bits per heavy atom. The quantitative estimate of drug-likeness (QED) is 0.354. The fourth-order valence-electron chi connectivity index (χ4n) is 7.35. The lowest BCUT2D eigenvalue weighted by molar-refractivity contribution is 0.0726. The monoisotopic (exact) mass is 602 g/mol. The average molecular weight is 603 g/mol. The number of aromatic nitrogens is 2. The first-order chi connectivity index (χ1) is 21.8. The van der Waals surface area contributed by atoms with E-state index in [0.29, 0.717) is 42.4 Å². The second kappa shape index (κ2) is 11.9. The first-order valence-electron chi connectivity index (χ1n) is 15.8. The number of carbonyl (C=O) groups excluding carboxylic acids is 2. The molecule has 4 aromatic rings. The van der Waals surface area contributed by atoms with Crippen molar-refractivity contribution in [2.75, 3.05) is 47.8 Å². The van der Waals surface area contributed by atoms with E-state index in [9.17, 15) is 14.4 Å². The minimum atomic E-state index is -0.252. The van der Waals surface area contributed by atoms with Crippen LogP contribution in [0.4, 0.5) is 17.1 Å². The van der Waals surface area contributed by atoms with E-state index in [2.05, 4.69) is 64.3 Å². The summed E-state index contributed by atoms with van der Waals surface area (Å²) in [5.41, 5.74) is 6.06. The van der Waals surface area contributed by atoms with Gasteiger partial charge in [0.2, 0.25) is 0 Å². The Morgan fingerprint density at radius 3 is 2.49 bits per heavy atom. The van der Waals surface area contributed by atoms with Crippen LogP contribution in [-0.2, 0) is 6.54 Å².